The van der Waals surface area contributed by atoms with Crippen LogP contribution in [0.25, 0.3) is 16.6 Å². The molecule has 0 aliphatic carbocycles. The van der Waals surface area contributed by atoms with Gasteiger partial charge >= 0.3 is 0 Å². The molecule has 0 aliphatic rings. The quantitative estimate of drug-likeness (QED) is 0.227. The van der Waals surface area contributed by atoms with Gasteiger partial charge in [0, 0.05) is 11.6 Å². The maximum absolute atomic E-state index is 14.2. The third kappa shape index (κ3) is 5.53. The predicted molar refractivity (Wildman–Crippen MR) is 141 cm³/mol. The minimum atomic E-state index is -3.01. The summed E-state index contributed by atoms with van der Waals surface area (Å²) in [6.07, 6.45) is -0.855. The van der Waals surface area contributed by atoms with E-state index in [0.29, 0.717) is 6.07 Å². The summed E-state index contributed by atoms with van der Waals surface area (Å²) in [5.41, 5.74) is 4.55. The van der Waals surface area contributed by atoms with E-state index in [0.717, 1.165) is 35.3 Å². The lowest BCUT2D eigenvalue weighted by atomic mass is 10.1. The second-order valence-corrected chi connectivity index (χ2v) is 8.74. The van der Waals surface area contributed by atoms with Gasteiger partial charge in [0.05, 0.1) is 28.8 Å². The van der Waals surface area contributed by atoms with E-state index in [1.54, 1.807) is 6.92 Å². The number of nitrogen functional groups attached to an aromatic ring is 1. The Morgan fingerprint density at radius 2 is 1.71 bits per heavy atom. The average molecular weight is 563 g/mol. The molecule has 0 fully saturated rings. The molecule has 3 N–H and O–H groups in total. The maximum Gasteiger partial charge on any atom is 0.266 e. The van der Waals surface area contributed by atoms with Crippen molar-refractivity contribution in [2.24, 2.45) is 0 Å². The number of hydrogen-bond acceptors (Lipinski definition) is 7. The van der Waals surface area contributed by atoms with Gasteiger partial charge in [-0.2, -0.15) is 0 Å². The van der Waals surface area contributed by atoms with Gasteiger partial charge in [0.1, 0.15) is 52.5 Å². The molecule has 0 radical (unpaired) electrons. The van der Waals surface area contributed by atoms with Crippen molar-refractivity contribution in [3.05, 3.63) is 112 Å². The Morgan fingerprint density at radius 3 is 2.39 bits per heavy atom. The SMILES string of the molecule is CC(Nc1ncnc(N)c1C#Cc1ccc(F)cn1)c1nc2cccc(C(F)F)c2c(=O)n1-c1cc(F)cc(F)c1. The largest absolute Gasteiger partial charge is 0.382 e. The van der Waals surface area contributed by atoms with Crippen molar-refractivity contribution in [2.75, 3.05) is 11.1 Å². The van der Waals surface area contributed by atoms with Gasteiger partial charge in [0.25, 0.3) is 12.0 Å². The zero-order chi connectivity index (χ0) is 29.3. The Labute approximate surface area is 228 Å². The van der Waals surface area contributed by atoms with Crippen LogP contribution in [-0.2, 0) is 0 Å². The number of hydrogen-bond donors (Lipinski definition) is 2. The topological polar surface area (TPSA) is 112 Å². The molecule has 0 amide bonds. The van der Waals surface area contributed by atoms with Crippen LogP contribution in [-0.4, -0.2) is 24.5 Å². The van der Waals surface area contributed by atoms with E-state index in [9.17, 15) is 26.7 Å². The van der Waals surface area contributed by atoms with Crippen LogP contribution in [0.2, 0.25) is 0 Å². The predicted octanol–water partition coefficient (Wildman–Crippen LogP) is 5.08. The molecular weight excluding hydrogens is 545 g/mol. The van der Waals surface area contributed by atoms with Gasteiger partial charge in [-0.25, -0.2) is 41.9 Å². The molecule has 2 aromatic carbocycles. The highest BCUT2D eigenvalue weighted by atomic mass is 19.3. The molecule has 41 heavy (non-hydrogen) atoms. The number of rotatable bonds is 5. The Bertz CT molecular complexity index is 1880. The summed E-state index contributed by atoms with van der Waals surface area (Å²) in [4.78, 5) is 30.1. The molecule has 0 saturated carbocycles. The Morgan fingerprint density at radius 1 is 0.951 bits per heavy atom. The molecule has 3 heterocycles. The number of nitrogens with zero attached hydrogens (tertiary/aromatic N) is 5. The van der Waals surface area contributed by atoms with Gasteiger partial charge in [0.15, 0.2) is 0 Å². The molecule has 1 unspecified atom stereocenters. The molecule has 0 spiro atoms. The van der Waals surface area contributed by atoms with Crippen molar-refractivity contribution in [3.8, 4) is 17.5 Å². The fourth-order valence-corrected chi connectivity index (χ4v) is 4.14. The number of halogens is 5. The molecule has 13 heteroatoms. The minimum absolute atomic E-state index is 0.0121. The molecular formula is C28H18F5N7O. The third-order valence-electron chi connectivity index (χ3n) is 5.96. The van der Waals surface area contributed by atoms with Gasteiger partial charge in [-0.05, 0) is 43.2 Å². The van der Waals surface area contributed by atoms with Crippen LogP contribution >= 0.6 is 0 Å². The summed E-state index contributed by atoms with van der Waals surface area (Å²) in [5.74, 6) is 3.01. The lowest BCUT2D eigenvalue weighted by Gasteiger charge is -2.21. The smallest absolute Gasteiger partial charge is 0.266 e. The fraction of sp³-hybridized carbons (Fsp3) is 0.107. The van der Waals surface area contributed by atoms with E-state index >= 15 is 0 Å². The van der Waals surface area contributed by atoms with Gasteiger partial charge in [-0.3, -0.25) is 9.36 Å². The van der Waals surface area contributed by atoms with Crippen molar-refractivity contribution in [1.82, 2.24) is 24.5 Å². The number of anilines is 2. The standard InChI is InChI=1S/C28H18F5N7O/c1-14(38-26-21(25(34)36-13-37-26)8-7-18-6-5-15(29)12-35-18)27-39-22-4-2-3-20(24(32)33)23(22)28(41)40(27)19-10-16(30)9-17(31)11-19/h2-6,9-14,24H,1H3,(H3,34,36,37,38). The van der Waals surface area contributed by atoms with Crippen molar-refractivity contribution in [1.29, 1.82) is 0 Å². The first-order valence-corrected chi connectivity index (χ1v) is 11.9. The van der Waals surface area contributed by atoms with E-state index in [1.165, 1.54) is 24.3 Å². The number of alkyl halides is 2. The second-order valence-electron chi connectivity index (χ2n) is 8.74. The molecule has 0 aliphatic heterocycles. The molecule has 0 saturated heterocycles. The van der Waals surface area contributed by atoms with Crippen LogP contribution in [0.1, 0.15) is 42.0 Å². The van der Waals surface area contributed by atoms with Gasteiger partial charge in [-0.15, -0.1) is 0 Å². The van der Waals surface area contributed by atoms with Crippen LogP contribution in [0.5, 0.6) is 0 Å². The molecule has 3 aromatic heterocycles. The van der Waals surface area contributed by atoms with Gasteiger partial charge < -0.3 is 11.1 Å². The average Bonchev–Trinajstić information content (AvgIpc) is 2.92. The normalized spacial score (nSPS) is 11.8. The van der Waals surface area contributed by atoms with E-state index in [2.05, 4.69) is 37.1 Å². The summed E-state index contributed by atoms with van der Waals surface area (Å²) in [7, 11) is 0. The summed E-state index contributed by atoms with van der Waals surface area (Å²) in [5, 5.41) is 2.61. The Hall–Kier alpha value is -5.38. The summed E-state index contributed by atoms with van der Waals surface area (Å²) >= 11 is 0. The highest BCUT2D eigenvalue weighted by Crippen LogP contribution is 2.28. The third-order valence-corrected chi connectivity index (χ3v) is 5.96. The monoisotopic (exact) mass is 563 g/mol. The molecule has 206 valence electrons. The van der Waals surface area contributed by atoms with Crippen molar-refractivity contribution < 1.29 is 22.0 Å². The zero-order valence-corrected chi connectivity index (χ0v) is 21.0. The first kappa shape index (κ1) is 27.2. The molecule has 5 aromatic rings. The summed E-state index contributed by atoms with van der Waals surface area (Å²) in [6.45, 7) is 1.56. The van der Waals surface area contributed by atoms with Crippen molar-refractivity contribution in [2.45, 2.75) is 19.4 Å². The minimum Gasteiger partial charge on any atom is -0.382 e. The maximum atomic E-state index is 14.2. The van der Waals surface area contributed by atoms with Crippen LogP contribution in [0.4, 0.5) is 33.6 Å². The number of nitrogens with two attached hydrogens (primary N) is 1. The van der Waals surface area contributed by atoms with Crippen molar-refractivity contribution >= 4 is 22.5 Å². The summed E-state index contributed by atoms with van der Waals surface area (Å²) in [6, 6.07) is 7.79. The Kier molecular flexibility index (Phi) is 7.30. The van der Waals surface area contributed by atoms with E-state index < -0.39 is 46.4 Å². The lowest BCUT2D eigenvalue weighted by Crippen LogP contribution is -2.28. The molecule has 5 rings (SSSR count). The van der Waals surface area contributed by atoms with Crippen LogP contribution < -0.4 is 16.6 Å². The number of benzene rings is 2. The highest BCUT2D eigenvalue weighted by molar-refractivity contribution is 5.82. The second kappa shape index (κ2) is 11.0. The summed E-state index contributed by atoms with van der Waals surface area (Å²) < 4.78 is 70.1. The van der Waals surface area contributed by atoms with Crippen molar-refractivity contribution in [3.63, 3.8) is 0 Å². The number of nitrogens with one attached hydrogen (secondary N) is 1. The zero-order valence-electron chi connectivity index (χ0n) is 21.0. The molecule has 0 bridgehead atoms. The highest BCUT2D eigenvalue weighted by Gasteiger charge is 2.24. The Balaban J connectivity index is 1.66. The number of aromatic nitrogens is 5. The molecule has 1 atom stereocenters. The number of fused-ring (bicyclic) bond motifs is 1. The van der Waals surface area contributed by atoms with Crippen LogP contribution in [0.15, 0.2) is 65.8 Å². The van der Waals surface area contributed by atoms with Gasteiger partial charge in [-0.1, -0.05) is 18.1 Å². The first-order valence-electron chi connectivity index (χ1n) is 11.9. The fourth-order valence-electron chi connectivity index (χ4n) is 4.14. The molecule has 8 nitrogen and oxygen atoms in total. The van der Waals surface area contributed by atoms with E-state index in [1.807, 2.05) is 0 Å². The first-order chi connectivity index (χ1) is 19.6. The number of pyridine rings is 1. The van der Waals surface area contributed by atoms with Gasteiger partial charge in [0.2, 0.25) is 0 Å². The van der Waals surface area contributed by atoms with E-state index in [-0.39, 0.29) is 39.9 Å². The lowest BCUT2D eigenvalue weighted by molar-refractivity contribution is 0.153. The van der Waals surface area contributed by atoms with Crippen LogP contribution in [0.3, 0.4) is 0 Å². The van der Waals surface area contributed by atoms with Crippen LogP contribution in [0, 0.1) is 29.3 Å². The van der Waals surface area contributed by atoms with E-state index in [4.69, 9.17) is 5.73 Å².